The molecule has 0 fully saturated rings. The van der Waals surface area contributed by atoms with Crippen LogP contribution in [0.3, 0.4) is 0 Å². The first-order valence-corrected chi connectivity index (χ1v) is 7.19. The number of hydrogen-bond acceptors (Lipinski definition) is 1. The molecule has 0 atom stereocenters. The molecule has 0 aliphatic rings. The monoisotopic (exact) mass is 372 g/mol. The van der Waals surface area contributed by atoms with Crippen LogP contribution in [0.1, 0.15) is 5.56 Å². The summed E-state index contributed by atoms with van der Waals surface area (Å²) in [6.45, 7) is -0.454. The largest absolute Gasteiger partial charge is 0.392 e. The van der Waals surface area contributed by atoms with Gasteiger partial charge in [0.05, 0.1) is 31.7 Å². The molecule has 0 spiro atoms. The van der Waals surface area contributed by atoms with Gasteiger partial charge in [-0.1, -0.05) is 76.2 Å². The van der Waals surface area contributed by atoms with Crippen molar-refractivity contribution in [2.45, 2.75) is 6.61 Å². The molecule has 2 aromatic rings. The third-order valence-corrected chi connectivity index (χ3v) is 5.00. The summed E-state index contributed by atoms with van der Waals surface area (Å²) in [4.78, 5) is 0. The molecule has 0 unspecified atom stereocenters. The third-order valence-electron chi connectivity index (χ3n) is 2.73. The van der Waals surface area contributed by atoms with Crippen LogP contribution in [-0.2, 0) is 6.61 Å². The van der Waals surface area contributed by atoms with Crippen molar-refractivity contribution in [2.75, 3.05) is 0 Å². The number of benzene rings is 2. The zero-order valence-electron chi connectivity index (χ0n) is 9.65. The molecule has 106 valence electrons. The summed E-state index contributed by atoms with van der Waals surface area (Å²) < 4.78 is 14.3. The van der Waals surface area contributed by atoms with E-state index in [9.17, 15) is 4.39 Å². The molecule has 0 saturated carbocycles. The number of hydrogen-bond donors (Lipinski definition) is 1. The highest BCUT2D eigenvalue weighted by Crippen LogP contribution is 2.48. The van der Waals surface area contributed by atoms with Crippen molar-refractivity contribution < 1.29 is 9.50 Å². The Bertz CT molecular complexity index is 658. The number of rotatable bonds is 2. The van der Waals surface area contributed by atoms with Crippen LogP contribution in [0.5, 0.6) is 0 Å². The lowest BCUT2D eigenvalue weighted by atomic mass is 10.0. The molecule has 0 saturated heterocycles. The van der Waals surface area contributed by atoms with E-state index in [2.05, 4.69) is 0 Å². The van der Waals surface area contributed by atoms with E-state index in [1.165, 1.54) is 12.1 Å². The van der Waals surface area contributed by atoms with E-state index in [1.54, 1.807) is 6.07 Å². The molecule has 0 amide bonds. The summed E-state index contributed by atoms with van der Waals surface area (Å²) in [7, 11) is 0. The van der Waals surface area contributed by atoms with E-state index in [0.717, 1.165) is 0 Å². The average Bonchev–Trinajstić information content (AvgIpc) is 2.45. The van der Waals surface area contributed by atoms with Gasteiger partial charge in [-0.15, -0.1) is 0 Å². The van der Waals surface area contributed by atoms with Gasteiger partial charge in [0.15, 0.2) is 0 Å². The molecule has 0 bridgehead atoms. The van der Waals surface area contributed by atoms with E-state index < -0.39 is 12.4 Å². The summed E-state index contributed by atoms with van der Waals surface area (Å²) in [5.74, 6) is -0.645. The van der Waals surface area contributed by atoms with Crippen LogP contribution in [0.2, 0.25) is 25.1 Å². The van der Waals surface area contributed by atoms with Gasteiger partial charge in [-0.3, -0.25) is 0 Å². The second-order valence-electron chi connectivity index (χ2n) is 3.88. The number of aliphatic hydroxyl groups excluding tert-OH is 1. The fourth-order valence-electron chi connectivity index (χ4n) is 1.74. The summed E-state index contributed by atoms with van der Waals surface area (Å²) in [6.07, 6.45) is 0. The molecular formula is C13H6Cl5FO. The maximum Gasteiger partial charge on any atom is 0.136 e. The molecule has 1 N–H and O–H groups in total. The van der Waals surface area contributed by atoms with Crippen LogP contribution in [0.25, 0.3) is 11.1 Å². The van der Waals surface area contributed by atoms with E-state index in [-0.39, 0.29) is 41.8 Å². The zero-order chi connectivity index (χ0) is 15.0. The molecule has 7 heteroatoms. The molecule has 0 aromatic heterocycles. The molecule has 0 aliphatic heterocycles. The van der Waals surface area contributed by atoms with Gasteiger partial charge < -0.3 is 5.11 Å². The Kier molecular flexibility index (Phi) is 5.06. The molecule has 0 radical (unpaired) electrons. The van der Waals surface area contributed by atoms with Crippen LogP contribution < -0.4 is 0 Å². The Balaban J connectivity index is 2.84. The Hall–Kier alpha value is -0.220. The van der Waals surface area contributed by atoms with Crippen molar-refractivity contribution in [3.8, 4) is 11.1 Å². The second kappa shape index (κ2) is 6.27. The van der Waals surface area contributed by atoms with Crippen LogP contribution in [0.15, 0.2) is 18.2 Å². The first kappa shape index (κ1) is 16.2. The van der Waals surface area contributed by atoms with E-state index in [1.807, 2.05) is 0 Å². The summed E-state index contributed by atoms with van der Waals surface area (Å²) in [5, 5.41) is 9.09. The van der Waals surface area contributed by atoms with Crippen molar-refractivity contribution in [1.29, 1.82) is 0 Å². The molecule has 0 heterocycles. The second-order valence-corrected chi connectivity index (χ2v) is 5.77. The van der Waals surface area contributed by atoms with Gasteiger partial charge in [0.25, 0.3) is 0 Å². The predicted molar refractivity (Wildman–Crippen MR) is 82.8 cm³/mol. The highest BCUT2D eigenvalue weighted by Gasteiger charge is 2.23. The maximum atomic E-state index is 14.3. The van der Waals surface area contributed by atoms with Crippen molar-refractivity contribution >= 4 is 58.0 Å². The molecule has 1 nitrogen and oxygen atoms in total. The molecule has 0 aliphatic carbocycles. The van der Waals surface area contributed by atoms with Crippen molar-refractivity contribution in [1.82, 2.24) is 0 Å². The number of halogens is 6. The number of aliphatic hydroxyl groups is 1. The molecule has 2 rings (SSSR count). The SMILES string of the molecule is OCc1cccc(-c2c(Cl)c(Cl)c(Cl)c(Cl)c2Cl)c1F. The Labute approximate surface area is 139 Å². The first-order chi connectivity index (χ1) is 9.40. The summed E-state index contributed by atoms with van der Waals surface area (Å²) >= 11 is 30.0. The lowest BCUT2D eigenvalue weighted by Gasteiger charge is -2.14. The van der Waals surface area contributed by atoms with Gasteiger partial charge >= 0.3 is 0 Å². The Morgan fingerprint density at radius 1 is 0.850 bits per heavy atom. The lowest BCUT2D eigenvalue weighted by Crippen LogP contribution is -1.95. The van der Waals surface area contributed by atoms with Crippen LogP contribution in [0.4, 0.5) is 4.39 Å². The Morgan fingerprint density at radius 2 is 1.35 bits per heavy atom. The zero-order valence-corrected chi connectivity index (χ0v) is 13.4. The van der Waals surface area contributed by atoms with Crippen LogP contribution in [0, 0.1) is 5.82 Å². The lowest BCUT2D eigenvalue weighted by molar-refractivity contribution is 0.276. The van der Waals surface area contributed by atoms with Crippen LogP contribution >= 0.6 is 58.0 Å². The Morgan fingerprint density at radius 3 is 1.85 bits per heavy atom. The van der Waals surface area contributed by atoms with Gasteiger partial charge in [0.2, 0.25) is 0 Å². The average molecular weight is 374 g/mol. The summed E-state index contributed by atoms with van der Waals surface area (Å²) in [5.41, 5.74) is 0.337. The maximum absolute atomic E-state index is 14.3. The smallest absolute Gasteiger partial charge is 0.136 e. The van der Waals surface area contributed by atoms with E-state index in [0.29, 0.717) is 0 Å². The van der Waals surface area contributed by atoms with Gasteiger partial charge in [0.1, 0.15) is 5.82 Å². The highest BCUT2D eigenvalue weighted by molar-refractivity contribution is 6.56. The standard InChI is InChI=1S/C13H6Cl5FO/c14-8-7(9(15)11(17)12(18)10(8)16)6-3-1-2-5(4-20)13(6)19/h1-3,20H,4H2. The fourth-order valence-corrected chi connectivity index (χ4v) is 3.08. The van der Waals surface area contributed by atoms with Gasteiger partial charge in [-0.05, 0) is 0 Å². The van der Waals surface area contributed by atoms with Gasteiger partial charge in [0, 0.05) is 16.7 Å². The minimum Gasteiger partial charge on any atom is -0.392 e. The van der Waals surface area contributed by atoms with Crippen molar-refractivity contribution in [2.24, 2.45) is 0 Å². The van der Waals surface area contributed by atoms with E-state index >= 15 is 0 Å². The summed E-state index contributed by atoms with van der Waals surface area (Å²) in [6, 6.07) is 4.47. The minimum absolute atomic E-state index is 0.0000523. The van der Waals surface area contributed by atoms with E-state index in [4.69, 9.17) is 63.1 Å². The van der Waals surface area contributed by atoms with Crippen molar-refractivity contribution in [3.63, 3.8) is 0 Å². The molecular weight excluding hydrogens is 368 g/mol. The van der Waals surface area contributed by atoms with Gasteiger partial charge in [-0.2, -0.15) is 0 Å². The van der Waals surface area contributed by atoms with Crippen molar-refractivity contribution in [3.05, 3.63) is 54.7 Å². The molecule has 2 aromatic carbocycles. The quantitative estimate of drug-likeness (QED) is 0.486. The topological polar surface area (TPSA) is 20.2 Å². The molecule has 20 heavy (non-hydrogen) atoms. The highest BCUT2D eigenvalue weighted by atomic mass is 35.5. The predicted octanol–water partition coefficient (Wildman–Crippen LogP) is 6.25. The van der Waals surface area contributed by atoms with Gasteiger partial charge in [-0.25, -0.2) is 4.39 Å². The third kappa shape index (κ3) is 2.61. The van der Waals surface area contributed by atoms with Crippen LogP contribution in [-0.4, -0.2) is 5.11 Å². The minimum atomic E-state index is -0.645. The fraction of sp³-hybridized carbons (Fsp3) is 0.0769. The normalized spacial score (nSPS) is 10.9. The first-order valence-electron chi connectivity index (χ1n) is 5.30.